The van der Waals surface area contributed by atoms with Crippen molar-refractivity contribution >= 4 is 28.7 Å². The number of halogens is 1. The molecule has 8 heteroatoms. The Kier molecular flexibility index (Phi) is 4.86. The van der Waals surface area contributed by atoms with Crippen molar-refractivity contribution in [1.82, 2.24) is 16.0 Å². The van der Waals surface area contributed by atoms with Crippen LogP contribution in [0.5, 0.6) is 0 Å². The van der Waals surface area contributed by atoms with Crippen molar-refractivity contribution in [3.63, 3.8) is 0 Å². The molecular formula is C18H20ClN5O2. The van der Waals surface area contributed by atoms with Crippen LogP contribution in [0.3, 0.4) is 0 Å². The molecule has 1 aliphatic rings. The van der Waals surface area contributed by atoms with Crippen molar-refractivity contribution in [3.8, 4) is 11.1 Å². The Morgan fingerprint density at radius 3 is 2.46 bits per heavy atom. The molecule has 3 rings (SSSR count). The van der Waals surface area contributed by atoms with Gasteiger partial charge in [-0.15, -0.1) is 0 Å². The number of hydrogen-bond acceptors (Lipinski definition) is 6. The van der Waals surface area contributed by atoms with Gasteiger partial charge in [0.15, 0.2) is 5.79 Å². The highest BCUT2D eigenvalue weighted by molar-refractivity contribution is 6.34. The molecule has 7 nitrogen and oxygen atoms in total. The Balaban J connectivity index is 2.15. The number of nitro benzene ring substituents is 1. The average molecular weight is 374 g/mol. The van der Waals surface area contributed by atoms with Gasteiger partial charge < -0.3 is 10.6 Å². The van der Waals surface area contributed by atoms with Crippen LogP contribution in [-0.4, -0.2) is 31.9 Å². The van der Waals surface area contributed by atoms with E-state index in [1.165, 1.54) is 6.07 Å². The summed E-state index contributed by atoms with van der Waals surface area (Å²) >= 11 is 6.56. The minimum absolute atomic E-state index is 0.0447. The van der Waals surface area contributed by atoms with Gasteiger partial charge in [-0.1, -0.05) is 23.7 Å². The van der Waals surface area contributed by atoms with Crippen LogP contribution in [0, 0.1) is 10.1 Å². The standard InChI is InChI=1S/C18H20ClN5O2/c1-20-16-10-18(21-2,22-3)23-17-14(16)8-12(9-15(17)19)11-5-4-6-13(7-11)24(25)26/h4-10,20-23H,1-3H3. The normalized spacial score (nSPS) is 14.8. The number of anilines is 1. The molecule has 2 aromatic rings. The van der Waals surface area contributed by atoms with E-state index >= 15 is 0 Å². The lowest BCUT2D eigenvalue weighted by molar-refractivity contribution is -0.384. The molecule has 1 heterocycles. The van der Waals surface area contributed by atoms with Gasteiger partial charge in [-0.25, -0.2) is 0 Å². The van der Waals surface area contributed by atoms with Gasteiger partial charge >= 0.3 is 0 Å². The zero-order chi connectivity index (χ0) is 18.9. The third-order valence-electron chi connectivity index (χ3n) is 4.51. The van der Waals surface area contributed by atoms with Crippen LogP contribution in [0.4, 0.5) is 11.4 Å². The summed E-state index contributed by atoms with van der Waals surface area (Å²) in [5.41, 5.74) is 4.14. The molecule has 0 spiro atoms. The Bertz CT molecular complexity index is 893. The minimum atomic E-state index is -0.637. The van der Waals surface area contributed by atoms with Crippen LogP contribution in [-0.2, 0) is 0 Å². The fourth-order valence-electron chi connectivity index (χ4n) is 3.04. The van der Waals surface area contributed by atoms with Gasteiger partial charge in [-0.2, -0.15) is 0 Å². The van der Waals surface area contributed by atoms with Gasteiger partial charge in [0.2, 0.25) is 0 Å². The molecule has 0 unspecified atom stereocenters. The predicted octanol–water partition coefficient (Wildman–Crippen LogP) is 2.99. The largest absolute Gasteiger partial charge is 0.388 e. The second-order valence-corrected chi connectivity index (χ2v) is 6.34. The number of nitro groups is 1. The molecule has 0 aromatic heterocycles. The molecule has 0 saturated heterocycles. The van der Waals surface area contributed by atoms with Crippen LogP contribution < -0.4 is 21.3 Å². The van der Waals surface area contributed by atoms with E-state index < -0.39 is 10.7 Å². The van der Waals surface area contributed by atoms with E-state index in [1.807, 2.05) is 39.4 Å². The lowest BCUT2D eigenvalue weighted by atomic mass is 9.96. The molecule has 26 heavy (non-hydrogen) atoms. The van der Waals surface area contributed by atoms with Crippen LogP contribution in [0.25, 0.3) is 16.8 Å². The maximum Gasteiger partial charge on any atom is 0.270 e. The molecule has 0 aliphatic carbocycles. The number of rotatable bonds is 5. The summed E-state index contributed by atoms with van der Waals surface area (Å²) in [6.45, 7) is 0. The van der Waals surface area contributed by atoms with Crippen molar-refractivity contribution in [1.29, 1.82) is 0 Å². The molecular weight excluding hydrogens is 354 g/mol. The maximum atomic E-state index is 11.1. The summed E-state index contributed by atoms with van der Waals surface area (Å²) in [6, 6.07) is 10.3. The first kappa shape index (κ1) is 18.2. The zero-order valence-electron chi connectivity index (χ0n) is 14.7. The number of hydrogen-bond donors (Lipinski definition) is 4. The van der Waals surface area contributed by atoms with Crippen LogP contribution in [0.2, 0.25) is 5.02 Å². The monoisotopic (exact) mass is 373 g/mol. The van der Waals surface area contributed by atoms with Crippen molar-refractivity contribution in [3.05, 3.63) is 63.2 Å². The molecule has 2 aromatic carbocycles. The van der Waals surface area contributed by atoms with Gasteiger partial charge in [0.1, 0.15) is 0 Å². The molecule has 0 bridgehead atoms. The topological polar surface area (TPSA) is 91.3 Å². The Morgan fingerprint density at radius 2 is 1.85 bits per heavy atom. The lowest BCUT2D eigenvalue weighted by Crippen LogP contribution is -2.60. The molecule has 1 aliphatic heterocycles. The highest BCUT2D eigenvalue weighted by Crippen LogP contribution is 2.40. The summed E-state index contributed by atoms with van der Waals surface area (Å²) in [5, 5.41) is 24.5. The number of nitrogens with zero attached hydrogens (tertiary/aromatic N) is 1. The smallest absolute Gasteiger partial charge is 0.270 e. The van der Waals surface area contributed by atoms with Crippen molar-refractivity contribution in [2.24, 2.45) is 0 Å². The molecule has 0 saturated carbocycles. The van der Waals surface area contributed by atoms with E-state index in [0.29, 0.717) is 5.02 Å². The summed E-state index contributed by atoms with van der Waals surface area (Å²) in [4.78, 5) is 10.7. The Morgan fingerprint density at radius 1 is 1.12 bits per heavy atom. The molecule has 0 fully saturated rings. The third kappa shape index (κ3) is 3.12. The van der Waals surface area contributed by atoms with Gasteiger partial charge in [-0.05, 0) is 43.4 Å². The first-order chi connectivity index (χ1) is 12.4. The highest BCUT2D eigenvalue weighted by atomic mass is 35.5. The lowest BCUT2D eigenvalue weighted by Gasteiger charge is -2.38. The van der Waals surface area contributed by atoms with Crippen molar-refractivity contribution < 1.29 is 4.92 Å². The SMILES string of the molecule is CNC1=CC(NC)(NC)Nc2c(Cl)cc(-c3cccc([N+](=O)[O-])c3)cc21. The zero-order valence-corrected chi connectivity index (χ0v) is 15.4. The van der Waals surface area contributed by atoms with Crippen LogP contribution >= 0.6 is 11.6 Å². The van der Waals surface area contributed by atoms with Gasteiger partial charge in [0, 0.05) is 30.4 Å². The van der Waals surface area contributed by atoms with E-state index in [2.05, 4.69) is 21.3 Å². The van der Waals surface area contributed by atoms with E-state index in [0.717, 1.165) is 28.1 Å². The Hall–Kier alpha value is -2.61. The van der Waals surface area contributed by atoms with Gasteiger partial charge in [0.25, 0.3) is 5.69 Å². The van der Waals surface area contributed by atoms with Crippen LogP contribution in [0.15, 0.2) is 42.5 Å². The number of nitrogens with one attached hydrogen (secondary N) is 4. The summed E-state index contributed by atoms with van der Waals surface area (Å²) in [6.07, 6.45) is 1.99. The summed E-state index contributed by atoms with van der Waals surface area (Å²) < 4.78 is 0. The van der Waals surface area contributed by atoms with E-state index in [9.17, 15) is 10.1 Å². The quantitative estimate of drug-likeness (QED) is 0.366. The first-order valence-corrected chi connectivity index (χ1v) is 8.46. The average Bonchev–Trinajstić information content (AvgIpc) is 2.67. The second-order valence-electron chi connectivity index (χ2n) is 5.93. The molecule has 4 N–H and O–H groups in total. The number of likely N-dealkylation sites (N-methyl/N-ethyl adjacent to an activating group) is 2. The summed E-state index contributed by atoms with van der Waals surface area (Å²) in [7, 11) is 5.51. The molecule has 0 amide bonds. The maximum absolute atomic E-state index is 11.1. The van der Waals surface area contributed by atoms with E-state index in [4.69, 9.17) is 11.6 Å². The summed E-state index contributed by atoms with van der Waals surface area (Å²) in [5.74, 6) is -0.637. The predicted molar refractivity (Wildman–Crippen MR) is 105 cm³/mol. The van der Waals surface area contributed by atoms with Gasteiger partial charge in [-0.3, -0.25) is 20.7 Å². The second kappa shape index (κ2) is 6.95. The molecule has 136 valence electrons. The van der Waals surface area contributed by atoms with Gasteiger partial charge in [0.05, 0.1) is 15.6 Å². The van der Waals surface area contributed by atoms with E-state index in [-0.39, 0.29) is 5.69 Å². The Labute approximate surface area is 156 Å². The third-order valence-corrected chi connectivity index (χ3v) is 4.81. The van der Waals surface area contributed by atoms with E-state index in [1.54, 1.807) is 18.2 Å². The number of benzene rings is 2. The fourth-order valence-corrected chi connectivity index (χ4v) is 3.31. The first-order valence-electron chi connectivity index (χ1n) is 8.08. The molecule has 0 radical (unpaired) electrons. The number of fused-ring (bicyclic) bond motifs is 1. The fraction of sp³-hybridized carbons (Fsp3) is 0.222. The minimum Gasteiger partial charge on any atom is -0.388 e. The molecule has 0 atom stereocenters. The van der Waals surface area contributed by atoms with Crippen molar-refractivity contribution in [2.75, 3.05) is 26.5 Å². The van der Waals surface area contributed by atoms with Crippen molar-refractivity contribution in [2.45, 2.75) is 5.79 Å². The highest BCUT2D eigenvalue weighted by Gasteiger charge is 2.31. The van der Waals surface area contributed by atoms with Crippen LogP contribution in [0.1, 0.15) is 5.56 Å². The number of non-ortho nitro benzene ring substituents is 1.